The maximum Gasteiger partial charge on any atom is 0.302 e. The molecule has 21 heavy (non-hydrogen) atoms. The lowest BCUT2D eigenvalue weighted by Gasteiger charge is -2.19. The standard InChI is InChI=1S/C8H18.C4H8O2.C2H4O2.CH4O.H2O/c1-7(2)6-8(3,4)5;1-3-6-4(2)5;1-2(3)4;1-2;/h7H,6H2,1-5H3;3H2,1-2H3;1H3,(H,3,4);2H,1H3;1H2. The van der Waals surface area contributed by atoms with Crippen molar-refractivity contribution in [3.05, 3.63) is 0 Å². The summed E-state index contributed by atoms with van der Waals surface area (Å²) in [6.45, 7) is 16.1. The second kappa shape index (κ2) is 21.2. The highest BCUT2D eigenvalue weighted by Crippen LogP contribution is 2.23. The molecule has 0 radical (unpaired) electrons. The zero-order valence-corrected chi connectivity index (χ0v) is 15.1. The van der Waals surface area contributed by atoms with Crippen LogP contribution in [0.2, 0.25) is 0 Å². The van der Waals surface area contributed by atoms with Gasteiger partial charge in [0.05, 0.1) is 6.61 Å². The Labute approximate surface area is 129 Å². The van der Waals surface area contributed by atoms with Crippen LogP contribution in [0.5, 0.6) is 0 Å². The number of carbonyl (C=O) groups excluding carboxylic acids is 1. The molecule has 0 aliphatic carbocycles. The normalized spacial score (nSPS) is 8.52. The van der Waals surface area contributed by atoms with Gasteiger partial charge in [-0.3, -0.25) is 9.59 Å². The van der Waals surface area contributed by atoms with E-state index >= 15 is 0 Å². The number of hydrogen-bond acceptors (Lipinski definition) is 4. The molecule has 0 aromatic heterocycles. The first kappa shape index (κ1) is 32.0. The fourth-order valence-electron chi connectivity index (χ4n) is 1.43. The number of aliphatic hydroxyl groups excluding tert-OH is 1. The van der Waals surface area contributed by atoms with Crippen LogP contribution in [0, 0.1) is 11.3 Å². The second-order valence-electron chi connectivity index (χ2n) is 5.60. The number of ether oxygens (including phenoxy) is 1. The minimum Gasteiger partial charge on any atom is -0.481 e. The summed E-state index contributed by atoms with van der Waals surface area (Å²) in [6.07, 6.45) is 1.33. The number of rotatable bonds is 2. The smallest absolute Gasteiger partial charge is 0.302 e. The molecule has 4 N–H and O–H groups in total. The van der Waals surface area contributed by atoms with Gasteiger partial charge >= 0.3 is 5.97 Å². The summed E-state index contributed by atoms with van der Waals surface area (Å²) in [5.74, 6) is -0.201. The van der Waals surface area contributed by atoms with Crippen LogP contribution in [-0.2, 0) is 14.3 Å². The van der Waals surface area contributed by atoms with E-state index in [0.29, 0.717) is 12.0 Å². The summed E-state index contributed by atoms with van der Waals surface area (Å²) >= 11 is 0. The van der Waals surface area contributed by atoms with Crippen molar-refractivity contribution in [2.45, 2.75) is 61.8 Å². The van der Waals surface area contributed by atoms with E-state index < -0.39 is 5.97 Å². The second-order valence-corrected chi connectivity index (χ2v) is 5.60. The number of carboxylic acids is 1. The number of hydrogen-bond donors (Lipinski definition) is 2. The van der Waals surface area contributed by atoms with Crippen LogP contribution in [0.1, 0.15) is 61.8 Å². The SMILES string of the molecule is CC(=O)O.CC(C)CC(C)(C)C.CCOC(C)=O.CO.O. The van der Waals surface area contributed by atoms with E-state index in [1.165, 1.54) is 13.3 Å². The van der Waals surface area contributed by atoms with Gasteiger partial charge in [0, 0.05) is 21.0 Å². The Morgan fingerprint density at radius 1 is 1.10 bits per heavy atom. The van der Waals surface area contributed by atoms with Crippen LogP contribution in [0.4, 0.5) is 0 Å². The molecule has 132 valence electrons. The molecule has 0 atom stereocenters. The summed E-state index contributed by atoms with van der Waals surface area (Å²) < 4.78 is 4.40. The molecular weight excluding hydrogens is 276 g/mol. The molecule has 0 saturated heterocycles. The van der Waals surface area contributed by atoms with Crippen molar-refractivity contribution in [2.24, 2.45) is 11.3 Å². The van der Waals surface area contributed by atoms with E-state index in [0.717, 1.165) is 20.0 Å². The molecule has 6 heteroatoms. The van der Waals surface area contributed by atoms with E-state index in [4.69, 9.17) is 15.0 Å². The number of esters is 1. The van der Waals surface area contributed by atoms with Crippen molar-refractivity contribution in [3.63, 3.8) is 0 Å². The number of aliphatic carboxylic acids is 1. The highest BCUT2D eigenvalue weighted by molar-refractivity contribution is 5.65. The fraction of sp³-hybridized carbons (Fsp3) is 0.867. The lowest BCUT2D eigenvalue weighted by atomic mass is 9.86. The Bertz CT molecular complexity index is 215. The van der Waals surface area contributed by atoms with Gasteiger partial charge in [0.25, 0.3) is 5.97 Å². The molecule has 0 aliphatic rings. The van der Waals surface area contributed by atoms with Crippen LogP contribution in [0.15, 0.2) is 0 Å². The van der Waals surface area contributed by atoms with Crippen molar-refractivity contribution in [2.75, 3.05) is 13.7 Å². The van der Waals surface area contributed by atoms with Crippen molar-refractivity contribution >= 4 is 11.9 Å². The average molecular weight is 312 g/mol. The van der Waals surface area contributed by atoms with Gasteiger partial charge in [-0.05, 0) is 24.7 Å². The largest absolute Gasteiger partial charge is 0.481 e. The molecule has 0 spiro atoms. The molecule has 0 unspecified atom stereocenters. The average Bonchev–Trinajstić information content (AvgIpc) is 2.16. The third-order valence-corrected chi connectivity index (χ3v) is 1.37. The molecule has 0 fully saturated rings. The Balaban J connectivity index is -0.0000000587. The summed E-state index contributed by atoms with van der Waals surface area (Å²) in [5.41, 5.74) is 0.522. The first-order valence-corrected chi connectivity index (χ1v) is 6.70. The van der Waals surface area contributed by atoms with Gasteiger partial charge in [-0.2, -0.15) is 0 Å². The molecule has 0 aromatic rings. The van der Waals surface area contributed by atoms with Crippen LogP contribution in [0.3, 0.4) is 0 Å². The van der Waals surface area contributed by atoms with Crippen molar-refractivity contribution in [1.82, 2.24) is 0 Å². The summed E-state index contributed by atoms with van der Waals surface area (Å²) in [4.78, 5) is 18.8. The van der Waals surface area contributed by atoms with Gasteiger partial charge in [0.2, 0.25) is 0 Å². The van der Waals surface area contributed by atoms with E-state index in [1.54, 1.807) is 6.92 Å². The molecule has 6 nitrogen and oxygen atoms in total. The Morgan fingerprint density at radius 3 is 1.38 bits per heavy atom. The maximum absolute atomic E-state index is 9.82. The number of carbonyl (C=O) groups is 2. The molecule has 0 heterocycles. The Morgan fingerprint density at radius 2 is 1.38 bits per heavy atom. The van der Waals surface area contributed by atoms with Gasteiger partial charge < -0.3 is 20.4 Å². The third-order valence-electron chi connectivity index (χ3n) is 1.37. The van der Waals surface area contributed by atoms with E-state index in [1.807, 2.05) is 0 Å². The van der Waals surface area contributed by atoms with E-state index in [9.17, 15) is 4.79 Å². The van der Waals surface area contributed by atoms with Gasteiger partial charge in [-0.25, -0.2) is 0 Å². The molecule has 0 aliphatic heterocycles. The van der Waals surface area contributed by atoms with Gasteiger partial charge in [-0.15, -0.1) is 0 Å². The topological polar surface area (TPSA) is 115 Å². The predicted octanol–water partition coefficient (Wildman–Crippen LogP) is 2.52. The molecule has 0 saturated carbocycles. The summed E-state index contributed by atoms with van der Waals surface area (Å²) in [6, 6.07) is 0. The first-order valence-electron chi connectivity index (χ1n) is 6.70. The van der Waals surface area contributed by atoms with Gasteiger partial charge in [0.15, 0.2) is 0 Å². The lowest BCUT2D eigenvalue weighted by molar-refractivity contribution is -0.140. The first-order chi connectivity index (χ1) is 8.92. The molecule has 0 bridgehead atoms. The minimum absolute atomic E-state index is 0. The monoisotopic (exact) mass is 312 g/mol. The zero-order valence-electron chi connectivity index (χ0n) is 15.1. The Kier molecular flexibility index (Phi) is 32.2. The highest BCUT2D eigenvalue weighted by Gasteiger charge is 2.11. The molecular formula is C15H36O6. The number of aliphatic hydroxyl groups is 1. The van der Waals surface area contributed by atoms with Crippen LogP contribution in [0.25, 0.3) is 0 Å². The highest BCUT2D eigenvalue weighted by atomic mass is 16.5. The molecule has 0 rings (SSSR count). The maximum atomic E-state index is 9.82. The fourth-order valence-corrected chi connectivity index (χ4v) is 1.43. The van der Waals surface area contributed by atoms with Gasteiger partial charge in [0.1, 0.15) is 0 Å². The van der Waals surface area contributed by atoms with Gasteiger partial charge in [-0.1, -0.05) is 34.6 Å². The summed E-state index contributed by atoms with van der Waals surface area (Å²) in [7, 11) is 1.00. The van der Waals surface area contributed by atoms with Crippen molar-refractivity contribution < 1.29 is 30.0 Å². The predicted molar refractivity (Wildman–Crippen MR) is 86.3 cm³/mol. The number of carboxylic acid groups (broad SMARTS) is 1. The Hall–Kier alpha value is -1.14. The minimum atomic E-state index is -0.833. The third kappa shape index (κ3) is 114. The van der Waals surface area contributed by atoms with Crippen LogP contribution >= 0.6 is 0 Å². The summed E-state index contributed by atoms with van der Waals surface area (Å²) in [5, 5.41) is 14.4. The van der Waals surface area contributed by atoms with Crippen molar-refractivity contribution in [1.29, 1.82) is 0 Å². The van der Waals surface area contributed by atoms with E-state index in [2.05, 4.69) is 39.4 Å². The molecule has 0 aromatic carbocycles. The molecule has 0 amide bonds. The zero-order chi connectivity index (χ0) is 17.4. The van der Waals surface area contributed by atoms with Crippen molar-refractivity contribution in [3.8, 4) is 0 Å². The van der Waals surface area contributed by atoms with Crippen LogP contribution in [-0.4, -0.2) is 41.3 Å². The van der Waals surface area contributed by atoms with E-state index in [-0.39, 0.29) is 11.4 Å². The van der Waals surface area contributed by atoms with Crippen LogP contribution < -0.4 is 0 Å². The quantitative estimate of drug-likeness (QED) is 0.760. The lowest BCUT2D eigenvalue weighted by Crippen LogP contribution is -2.08.